The first-order valence-corrected chi connectivity index (χ1v) is 8.03. The third kappa shape index (κ3) is 4.68. The van der Waals surface area contributed by atoms with Gasteiger partial charge in [-0.1, -0.05) is 19.3 Å². The number of nitrogens with two attached hydrogens (primary N) is 1. The highest BCUT2D eigenvalue weighted by Gasteiger charge is 2.14. The van der Waals surface area contributed by atoms with E-state index in [0.717, 1.165) is 5.56 Å². The van der Waals surface area contributed by atoms with Gasteiger partial charge >= 0.3 is 0 Å². The van der Waals surface area contributed by atoms with E-state index in [2.05, 4.69) is 10.3 Å². The second-order valence-corrected chi connectivity index (χ2v) is 5.71. The van der Waals surface area contributed by atoms with Crippen molar-refractivity contribution in [2.75, 3.05) is 21.3 Å². The Balaban J connectivity index is 2.05. The predicted octanol–water partition coefficient (Wildman–Crippen LogP) is 2.45. The molecule has 128 valence electrons. The topological polar surface area (TPSA) is 78.1 Å². The van der Waals surface area contributed by atoms with Gasteiger partial charge in [-0.25, -0.2) is 4.99 Å². The molecule has 0 bridgehead atoms. The lowest BCUT2D eigenvalue weighted by molar-refractivity contribution is 0.324. The van der Waals surface area contributed by atoms with E-state index in [1.54, 1.807) is 21.3 Å². The Morgan fingerprint density at radius 3 is 2.22 bits per heavy atom. The number of benzene rings is 1. The summed E-state index contributed by atoms with van der Waals surface area (Å²) in [5.74, 6) is 2.31. The lowest BCUT2D eigenvalue weighted by atomic mass is 9.96. The van der Waals surface area contributed by atoms with E-state index >= 15 is 0 Å². The number of hydrogen-bond acceptors (Lipinski definition) is 4. The summed E-state index contributed by atoms with van der Waals surface area (Å²) in [6, 6.07) is 4.23. The Bertz CT molecular complexity index is 515. The van der Waals surface area contributed by atoms with E-state index in [-0.39, 0.29) is 0 Å². The molecule has 2 rings (SSSR count). The number of ether oxygens (including phenoxy) is 3. The second-order valence-electron chi connectivity index (χ2n) is 5.71. The number of guanidine groups is 1. The van der Waals surface area contributed by atoms with Gasteiger partial charge in [-0.05, 0) is 30.5 Å². The molecule has 0 aliphatic heterocycles. The summed E-state index contributed by atoms with van der Waals surface area (Å²) in [6.07, 6.45) is 6.18. The molecule has 0 radical (unpaired) electrons. The molecule has 1 aliphatic carbocycles. The number of methoxy groups -OCH3 is 3. The zero-order valence-corrected chi connectivity index (χ0v) is 14.2. The Labute approximate surface area is 138 Å². The van der Waals surface area contributed by atoms with Gasteiger partial charge in [-0.2, -0.15) is 0 Å². The molecule has 0 unspecified atom stereocenters. The lowest BCUT2D eigenvalue weighted by Crippen LogP contribution is -2.41. The van der Waals surface area contributed by atoms with Crippen LogP contribution in [0.3, 0.4) is 0 Å². The molecule has 1 aromatic carbocycles. The van der Waals surface area contributed by atoms with Crippen LogP contribution in [0.4, 0.5) is 0 Å². The number of aliphatic imine (C=N–C) groups is 1. The van der Waals surface area contributed by atoms with Crippen LogP contribution < -0.4 is 25.3 Å². The van der Waals surface area contributed by atoms with Crippen LogP contribution in [-0.4, -0.2) is 33.3 Å². The maximum atomic E-state index is 6.00. The van der Waals surface area contributed by atoms with Gasteiger partial charge in [0.05, 0.1) is 27.9 Å². The van der Waals surface area contributed by atoms with Crippen molar-refractivity contribution >= 4 is 5.96 Å². The van der Waals surface area contributed by atoms with Crippen LogP contribution in [0.25, 0.3) is 0 Å². The average molecular weight is 321 g/mol. The molecule has 0 amide bonds. The molecule has 1 aliphatic rings. The normalized spacial score (nSPS) is 16.0. The van der Waals surface area contributed by atoms with Gasteiger partial charge in [0.25, 0.3) is 0 Å². The van der Waals surface area contributed by atoms with Crippen molar-refractivity contribution in [3.8, 4) is 17.2 Å². The fraction of sp³-hybridized carbons (Fsp3) is 0.588. The zero-order chi connectivity index (χ0) is 16.7. The monoisotopic (exact) mass is 321 g/mol. The molecular weight excluding hydrogens is 294 g/mol. The predicted molar refractivity (Wildman–Crippen MR) is 91.4 cm³/mol. The van der Waals surface area contributed by atoms with Crippen LogP contribution in [0.1, 0.15) is 37.7 Å². The summed E-state index contributed by atoms with van der Waals surface area (Å²) in [7, 11) is 4.79. The van der Waals surface area contributed by atoms with Gasteiger partial charge in [0.15, 0.2) is 17.5 Å². The first-order valence-electron chi connectivity index (χ1n) is 8.03. The van der Waals surface area contributed by atoms with Crippen molar-refractivity contribution in [3.63, 3.8) is 0 Å². The fourth-order valence-corrected chi connectivity index (χ4v) is 2.90. The number of hydrogen-bond donors (Lipinski definition) is 2. The zero-order valence-electron chi connectivity index (χ0n) is 14.2. The Kier molecular flexibility index (Phi) is 6.38. The first-order chi connectivity index (χ1) is 11.2. The molecule has 0 spiro atoms. The van der Waals surface area contributed by atoms with Gasteiger partial charge in [0.2, 0.25) is 5.75 Å². The molecule has 6 heteroatoms. The molecule has 1 saturated carbocycles. The quantitative estimate of drug-likeness (QED) is 0.621. The van der Waals surface area contributed by atoms with Gasteiger partial charge in [0, 0.05) is 6.04 Å². The van der Waals surface area contributed by atoms with E-state index in [1.807, 2.05) is 12.1 Å². The largest absolute Gasteiger partial charge is 0.493 e. The number of nitrogens with zero attached hydrogens (tertiary/aromatic N) is 1. The highest BCUT2D eigenvalue weighted by Crippen LogP contribution is 2.38. The van der Waals surface area contributed by atoms with Crippen LogP contribution in [-0.2, 0) is 6.54 Å². The van der Waals surface area contributed by atoms with Crippen LogP contribution in [0, 0.1) is 0 Å². The highest BCUT2D eigenvalue weighted by molar-refractivity contribution is 5.78. The minimum Gasteiger partial charge on any atom is -0.493 e. The van der Waals surface area contributed by atoms with E-state index in [1.165, 1.54) is 32.1 Å². The van der Waals surface area contributed by atoms with Crippen molar-refractivity contribution in [1.82, 2.24) is 5.32 Å². The Hall–Kier alpha value is -2.11. The maximum absolute atomic E-state index is 6.00. The van der Waals surface area contributed by atoms with E-state index in [0.29, 0.717) is 35.8 Å². The third-order valence-corrected chi connectivity index (χ3v) is 4.11. The average Bonchev–Trinajstić information content (AvgIpc) is 2.59. The second kappa shape index (κ2) is 8.50. The number of nitrogens with one attached hydrogen (secondary N) is 1. The van der Waals surface area contributed by atoms with Gasteiger partial charge in [0.1, 0.15) is 0 Å². The third-order valence-electron chi connectivity index (χ3n) is 4.11. The molecular formula is C17H27N3O3. The summed E-state index contributed by atoms with van der Waals surface area (Å²) >= 11 is 0. The first kappa shape index (κ1) is 17.2. The minimum atomic E-state index is 0.451. The van der Waals surface area contributed by atoms with Crippen LogP contribution in [0.2, 0.25) is 0 Å². The molecule has 0 aromatic heterocycles. The Morgan fingerprint density at radius 2 is 1.70 bits per heavy atom. The minimum absolute atomic E-state index is 0.451. The van der Waals surface area contributed by atoms with E-state index in [9.17, 15) is 0 Å². The van der Waals surface area contributed by atoms with Crippen molar-refractivity contribution in [2.24, 2.45) is 10.7 Å². The van der Waals surface area contributed by atoms with E-state index in [4.69, 9.17) is 19.9 Å². The lowest BCUT2D eigenvalue weighted by Gasteiger charge is -2.23. The molecule has 6 nitrogen and oxygen atoms in total. The van der Waals surface area contributed by atoms with E-state index < -0.39 is 0 Å². The highest BCUT2D eigenvalue weighted by atomic mass is 16.5. The Morgan fingerprint density at radius 1 is 1.09 bits per heavy atom. The van der Waals surface area contributed by atoms with Crippen LogP contribution in [0.5, 0.6) is 17.2 Å². The summed E-state index contributed by atoms with van der Waals surface area (Å²) in [4.78, 5) is 4.43. The summed E-state index contributed by atoms with van der Waals surface area (Å²) in [5.41, 5.74) is 6.95. The van der Waals surface area contributed by atoms with Crippen molar-refractivity contribution < 1.29 is 14.2 Å². The summed E-state index contributed by atoms with van der Waals surface area (Å²) in [5, 5.41) is 3.31. The fourth-order valence-electron chi connectivity index (χ4n) is 2.90. The van der Waals surface area contributed by atoms with Crippen LogP contribution >= 0.6 is 0 Å². The molecule has 1 fully saturated rings. The van der Waals surface area contributed by atoms with Crippen molar-refractivity contribution in [1.29, 1.82) is 0 Å². The standard InChI is InChI=1S/C17H27N3O3/c1-21-14-9-12(10-15(22-2)16(14)23-3)11-19-17(18)20-13-7-5-4-6-8-13/h9-10,13H,4-8,11H2,1-3H3,(H3,18,19,20). The van der Waals surface area contributed by atoms with Gasteiger partial charge in [-0.3, -0.25) is 0 Å². The summed E-state index contributed by atoms with van der Waals surface area (Å²) < 4.78 is 16.0. The molecule has 3 N–H and O–H groups in total. The molecule has 1 aromatic rings. The summed E-state index contributed by atoms with van der Waals surface area (Å²) in [6.45, 7) is 0.461. The molecule has 0 atom stereocenters. The SMILES string of the molecule is COc1cc(CN=C(N)NC2CCCCC2)cc(OC)c1OC. The smallest absolute Gasteiger partial charge is 0.203 e. The molecule has 0 saturated heterocycles. The molecule has 0 heterocycles. The van der Waals surface area contributed by atoms with Crippen molar-refractivity contribution in [3.05, 3.63) is 17.7 Å². The van der Waals surface area contributed by atoms with Gasteiger partial charge < -0.3 is 25.3 Å². The van der Waals surface area contributed by atoms with Crippen molar-refractivity contribution in [2.45, 2.75) is 44.7 Å². The van der Waals surface area contributed by atoms with Crippen LogP contribution in [0.15, 0.2) is 17.1 Å². The molecule has 23 heavy (non-hydrogen) atoms. The number of rotatable bonds is 6. The maximum Gasteiger partial charge on any atom is 0.203 e. The van der Waals surface area contributed by atoms with Gasteiger partial charge in [-0.15, -0.1) is 0 Å².